The van der Waals surface area contributed by atoms with Gasteiger partial charge in [0.05, 0.1) is 5.56 Å². The number of pyridine rings is 2. The molecule has 0 fully saturated rings. The maximum Gasteiger partial charge on any atom is 0.323 e. The van der Waals surface area contributed by atoms with Crippen LogP contribution in [0.5, 0.6) is 0 Å². The van der Waals surface area contributed by atoms with Crippen LogP contribution in [0, 0.1) is 11.8 Å². The number of halogens is 1. The van der Waals surface area contributed by atoms with Crippen molar-refractivity contribution in [3.8, 4) is 11.8 Å². The van der Waals surface area contributed by atoms with Crippen LogP contribution in [-0.2, 0) is 0 Å². The van der Waals surface area contributed by atoms with Crippen LogP contribution in [-0.4, -0.2) is 46.6 Å². The second-order valence-corrected chi connectivity index (χ2v) is 10.3. The molecule has 2 aromatic heterocycles. The van der Waals surface area contributed by atoms with Crippen LogP contribution in [0.15, 0.2) is 79.1 Å². The number of nitrogens with one attached hydrogen (secondary N) is 4. The lowest BCUT2D eigenvalue weighted by atomic mass is 9.99. The number of anilines is 3. The summed E-state index contributed by atoms with van der Waals surface area (Å²) < 4.78 is 0. The monoisotopic (exact) mass is 622 g/mol. The normalized spacial score (nSPS) is 10.2. The molecule has 4 aromatic rings. The summed E-state index contributed by atoms with van der Waals surface area (Å²) in [5.41, 5.74) is 3.98. The summed E-state index contributed by atoms with van der Waals surface area (Å²) in [6.07, 6.45) is 4.48. The summed E-state index contributed by atoms with van der Waals surface area (Å²) >= 11 is 5.85. The molecular weight excluding hydrogens is 592 g/mol. The molecule has 10 nitrogen and oxygen atoms in total. The van der Waals surface area contributed by atoms with E-state index in [0.29, 0.717) is 64.5 Å². The van der Waals surface area contributed by atoms with Gasteiger partial charge in [0.25, 0.3) is 5.91 Å². The first-order valence-corrected chi connectivity index (χ1v) is 14.5. The number of Topliss-reactive ketones (excluding diaryl/α,β-unsaturated/α-hetero) is 2. The van der Waals surface area contributed by atoms with Gasteiger partial charge in [0.1, 0.15) is 10.8 Å². The number of carbonyl (C=O) groups excluding carboxylic acids is 4. The highest BCUT2D eigenvalue weighted by molar-refractivity contribution is 6.29. The molecule has 45 heavy (non-hydrogen) atoms. The first-order chi connectivity index (χ1) is 21.7. The zero-order valence-electron chi connectivity index (χ0n) is 24.7. The molecule has 0 aliphatic rings. The molecule has 4 rings (SSSR count). The molecule has 0 atom stereocenters. The second-order valence-electron chi connectivity index (χ2n) is 9.94. The van der Waals surface area contributed by atoms with E-state index in [0.717, 1.165) is 6.42 Å². The Bertz CT molecular complexity index is 1800. The van der Waals surface area contributed by atoms with Gasteiger partial charge in [-0.15, -0.1) is 0 Å². The molecule has 3 amide bonds. The lowest BCUT2D eigenvalue weighted by Crippen LogP contribution is -2.24. The lowest BCUT2D eigenvalue weighted by Gasteiger charge is -2.13. The van der Waals surface area contributed by atoms with Gasteiger partial charge in [-0.25, -0.2) is 14.8 Å². The Labute approximate surface area is 266 Å². The summed E-state index contributed by atoms with van der Waals surface area (Å²) in [6.45, 7) is 3.94. The van der Waals surface area contributed by atoms with Crippen LogP contribution < -0.4 is 21.3 Å². The third-order valence-electron chi connectivity index (χ3n) is 6.46. The topological polar surface area (TPSA) is 142 Å². The summed E-state index contributed by atoms with van der Waals surface area (Å²) in [5, 5.41) is 11.8. The van der Waals surface area contributed by atoms with Crippen molar-refractivity contribution >= 4 is 52.2 Å². The van der Waals surface area contributed by atoms with E-state index in [2.05, 4.69) is 43.1 Å². The second kappa shape index (κ2) is 15.8. The maximum absolute atomic E-state index is 12.7. The fourth-order valence-corrected chi connectivity index (χ4v) is 4.55. The van der Waals surface area contributed by atoms with E-state index in [1.165, 1.54) is 32.3 Å². The zero-order valence-corrected chi connectivity index (χ0v) is 25.5. The Hall–Kier alpha value is -5.53. The van der Waals surface area contributed by atoms with Crippen molar-refractivity contribution in [2.75, 3.05) is 29.0 Å². The Kier molecular flexibility index (Phi) is 11.4. The predicted molar refractivity (Wildman–Crippen MR) is 175 cm³/mol. The highest BCUT2D eigenvalue weighted by Gasteiger charge is 2.15. The molecule has 228 valence electrons. The van der Waals surface area contributed by atoms with Crippen molar-refractivity contribution in [1.82, 2.24) is 15.3 Å². The average Bonchev–Trinajstić information content (AvgIpc) is 3.01. The summed E-state index contributed by atoms with van der Waals surface area (Å²) in [5.74, 6) is 5.43. The predicted octanol–water partition coefficient (Wildman–Crippen LogP) is 6.20. The summed E-state index contributed by atoms with van der Waals surface area (Å²) in [7, 11) is 0. The van der Waals surface area contributed by atoms with Crippen LogP contribution in [0.1, 0.15) is 69.0 Å². The SMILES string of the molecule is CC(=O)c1cccc(NCCCCNC(=O)c2cccc(C#Cc3cc(NC(=O)Nc4ccnc(Cl)c4)ccn3)c2)c1C(C)=O. The molecule has 0 aliphatic heterocycles. The van der Waals surface area contributed by atoms with Crippen molar-refractivity contribution in [1.29, 1.82) is 0 Å². The molecule has 0 saturated carbocycles. The minimum atomic E-state index is -0.459. The molecule has 4 N–H and O–H groups in total. The molecule has 0 bridgehead atoms. The van der Waals surface area contributed by atoms with Gasteiger partial charge in [0.2, 0.25) is 0 Å². The van der Waals surface area contributed by atoms with Crippen LogP contribution in [0.25, 0.3) is 0 Å². The van der Waals surface area contributed by atoms with Crippen LogP contribution in [0.2, 0.25) is 5.15 Å². The Balaban J connectivity index is 1.26. The molecule has 0 unspecified atom stereocenters. The lowest BCUT2D eigenvalue weighted by molar-refractivity contribution is 0.0951. The number of rotatable bonds is 11. The zero-order chi connectivity index (χ0) is 32.2. The van der Waals surface area contributed by atoms with Gasteiger partial charge in [0, 0.05) is 59.2 Å². The summed E-state index contributed by atoms with van der Waals surface area (Å²) in [4.78, 5) is 57.2. The van der Waals surface area contributed by atoms with Crippen LogP contribution in [0.3, 0.4) is 0 Å². The molecular formula is C34H31ClN6O4. The molecule has 0 spiro atoms. The smallest absolute Gasteiger partial charge is 0.323 e. The Morgan fingerprint density at radius 2 is 1.49 bits per heavy atom. The number of benzene rings is 2. The van der Waals surface area contributed by atoms with Crippen molar-refractivity contribution < 1.29 is 19.2 Å². The first kappa shape index (κ1) is 32.4. The number of ketones is 2. The van der Waals surface area contributed by atoms with E-state index >= 15 is 0 Å². The Morgan fingerprint density at radius 3 is 2.22 bits per heavy atom. The minimum Gasteiger partial charge on any atom is -0.384 e. The molecule has 2 heterocycles. The van der Waals surface area contributed by atoms with E-state index in [9.17, 15) is 19.2 Å². The van der Waals surface area contributed by atoms with Crippen molar-refractivity contribution in [3.63, 3.8) is 0 Å². The van der Waals surface area contributed by atoms with Gasteiger partial charge in [-0.3, -0.25) is 14.4 Å². The maximum atomic E-state index is 12.7. The van der Waals surface area contributed by atoms with Gasteiger partial charge < -0.3 is 21.3 Å². The van der Waals surface area contributed by atoms with Gasteiger partial charge in [-0.2, -0.15) is 0 Å². The standard InChI is InChI=1S/C34H31ClN6O4/c1-22(42)29-9-6-10-30(32(29)23(2)43)37-15-3-4-16-39-33(44)25-8-5-7-24(19-25)11-12-26-20-27(13-17-36-26)40-34(45)41-28-14-18-38-31(35)21-28/h5-10,13-14,17-21,37H,3-4,15-16H2,1-2H3,(H,39,44)(H2,36,38,40,41,45). The number of hydrogen-bond acceptors (Lipinski definition) is 7. The molecule has 0 radical (unpaired) electrons. The van der Waals surface area contributed by atoms with Crippen molar-refractivity contribution in [2.24, 2.45) is 0 Å². The Morgan fingerprint density at radius 1 is 0.778 bits per heavy atom. The quantitative estimate of drug-likeness (QED) is 0.0675. The highest BCUT2D eigenvalue weighted by atomic mass is 35.5. The van der Waals surface area contributed by atoms with E-state index in [4.69, 9.17) is 11.6 Å². The van der Waals surface area contributed by atoms with Crippen molar-refractivity contribution in [3.05, 3.63) is 112 Å². The fraction of sp³-hybridized carbons (Fsp3) is 0.176. The van der Waals surface area contributed by atoms with E-state index in [1.54, 1.807) is 60.7 Å². The van der Waals surface area contributed by atoms with E-state index in [1.807, 2.05) is 0 Å². The molecule has 11 heteroatoms. The fourth-order valence-electron chi connectivity index (χ4n) is 4.37. The number of aromatic nitrogens is 2. The number of nitrogens with zero attached hydrogens (tertiary/aromatic N) is 2. The molecule has 0 saturated heterocycles. The van der Waals surface area contributed by atoms with Gasteiger partial charge in [-0.1, -0.05) is 35.7 Å². The number of unbranched alkanes of at least 4 members (excludes halogenated alkanes) is 1. The molecule has 0 aliphatic carbocycles. The molecule has 2 aromatic carbocycles. The number of urea groups is 1. The first-order valence-electron chi connectivity index (χ1n) is 14.1. The largest absolute Gasteiger partial charge is 0.384 e. The highest BCUT2D eigenvalue weighted by Crippen LogP contribution is 2.21. The van der Waals surface area contributed by atoms with Crippen LogP contribution in [0.4, 0.5) is 21.9 Å². The van der Waals surface area contributed by atoms with Gasteiger partial charge >= 0.3 is 6.03 Å². The summed E-state index contributed by atoms with van der Waals surface area (Å²) in [6, 6.07) is 18.1. The third kappa shape index (κ3) is 9.74. The van der Waals surface area contributed by atoms with Gasteiger partial charge in [-0.05, 0) is 81.1 Å². The van der Waals surface area contributed by atoms with Crippen molar-refractivity contribution in [2.45, 2.75) is 26.7 Å². The minimum absolute atomic E-state index is 0.157. The number of hydrogen-bond donors (Lipinski definition) is 4. The van der Waals surface area contributed by atoms with E-state index in [-0.39, 0.29) is 22.6 Å². The van der Waals surface area contributed by atoms with Crippen LogP contribution >= 0.6 is 11.6 Å². The van der Waals surface area contributed by atoms with E-state index < -0.39 is 6.03 Å². The number of amides is 3. The number of carbonyl (C=O) groups is 4. The third-order valence-corrected chi connectivity index (χ3v) is 6.67. The average molecular weight is 623 g/mol. The van der Waals surface area contributed by atoms with Gasteiger partial charge in [0.15, 0.2) is 11.6 Å².